The van der Waals surface area contributed by atoms with Crippen LogP contribution in [0, 0.1) is 0 Å². The van der Waals surface area contributed by atoms with Crippen molar-refractivity contribution in [1.82, 2.24) is 19.4 Å². The molecule has 0 aliphatic carbocycles. The van der Waals surface area contributed by atoms with Crippen molar-refractivity contribution in [3.63, 3.8) is 0 Å². The molecule has 0 saturated carbocycles. The maximum absolute atomic E-state index is 12.2. The number of aromatic nitrogens is 2. The lowest BCUT2D eigenvalue weighted by Gasteiger charge is -2.17. The minimum Gasteiger partial charge on any atom is -0.350 e. The van der Waals surface area contributed by atoms with Crippen LogP contribution in [0.5, 0.6) is 0 Å². The molecule has 1 fully saturated rings. The first-order chi connectivity index (χ1) is 12.0. The Morgan fingerprint density at radius 2 is 1.96 bits per heavy atom. The first-order valence-corrected chi connectivity index (χ1v) is 8.35. The van der Waals surface area contributed by atoms with Gasteiger partial charge in [0.1, 0.15) is 6.54 Å². The molecule has 0 unspecified atom stereocenters. The lowest BCUT2D eigenvalue weighted by Crippen LogP contribution is -2.43. The summed E-state index contributed by atoms with van der Waals surface area (Å²) in [6, 6.07) is 11.6. The van der Waals surface area contributed by atoms with Crippen LogP contribution in [0.3, 0.4) is 0 Å². The highest BCUT2D eigenvalue weighted by molar-refractivity contribution is 5.76. The molecule has 1 saturated heterocycles. The van der Waals surface area contributed by atoms with Gasteiger partial charge < -0.3 is 5.32 Å². The van der Waals surface area contributed by atoms with Crippen molar-refractivity contribution in [3.05, 3.63) is 69.0 Å². The molecule has 1 aliphatic rings. The summed E-state index contributed by atoms with van der Waals surface area (Å²) in [5.41, 5.74) is 0.389. The van der Waals surface area contributed by atoms with E-state index in [0.29, 0.717) is 0 Å². The Morgan fingerprint density at radius 1 is 1.20 bits per heavy atom. The number of benzene rings is 1. The van der Waals surface area contributed by atoms with Gasteiger partial charge in [0.2, 0.25) is 5.91 Å². The van der Waals surface area contributed by atoms with E-state index in [1.165, 1.54) is 29.4 Å². The molecule has 1 atom stereocenters. The van der Waals surface area contributed by atoms with Crippen molar-refractivity contribution >= 4 is 5.91 Å². The predicted molar refractivity (Wildman–Crippen MR) is 94.2 cm³/mol. The molecule has 0 spiro atoms. The number of nitrogens with one attached hydrogen (secondary N) is 1. The molecule has 2 heterocycles. The van der Waals surface area contributed by atoms with E-state index < -0.39 is 5.69 Å². The van der Waals surface area contributed by atoms with Crippen molar-refractivity contribution in [2.75, 3.05) is 13.1 Å². The van der Waals surface area contributed by atoms with Crippen molar-refractivity contribution in [1.29, 1.82) is 0 Å². The molecular weight excluding hydrogens is 320 g/mol. The van der Waals surface area contributed by atoms with E-state index in [-0.39, 0.29) is 24.1 Å². The van der Waals surface area contributed by atoms with Gasteiger partial charge in [0.25, 0.3) is 5.56 Å². The summed E-state index contributed by atoms with van der Waals surface area (Å²) in [4.78, 5) is 37.9. The molecule has 25 heavy (non-hydrogen) atoms. The summed E-state index contributed by atoms with van der Waals surface area (Å²) < 4.78 is 2.23. The van der Waals surface area contributed by atoms with Gasteiger partial charge in [-0.15, -0.1) is 0 Å². The SMILES string of the molecule is Cn1c(=O)ccn(CC(=O)N[C@H]2CCN(Cc3ccccc3)C2)c1=O. The van der Waals surface area contributed by atoms with Gasteiger partial charge in [-0.3, -0.25) is 23.6 Å². The molecule has 0 radical (unpaired) electrons. The summed E-state index contributed by atoms with van der Waals surface area (Å²) >= 11 is 0. The second-order valence-electron chi connectivity index (χ2n) is 6.40. The van der Waals surface area contributed by atoms with Gasteiger partial charge in [-0.1, -0.05) is 30.3 Å². The van der Waals surface area contributed by atoms with Crippen LogP contribution in [0.25, 0.3) is 0 Å². The monoisotopic (exact) mass is 342 g/mol. The van der Waals surface area contributed by atoms with E-state index in [9.17, 15) is 14.4 Å². The summed E-state index contributed by atoms with van der Waals surface area (Å²) in [5, 5.41) is 2.98. The van der Waals surface area contributed by atoms with Crippen LogP contribution in [0.15, 0.2) is 52.2 Å². The zero-order valence-electron chi connectivity index (χ0n) is 14.2. The fourth-order valence-electron chi connectivity index (χ4n) is 3.10. The Bertz CT molecular complexity index is 857. The molecule has 1 amide bonds. The average molecular weight is 342 g/mol. The molecule has 1 N–H and O–H groups in total. The maximum atomic E-state index is 12.2. The number of carbonyl (C=O) groups is 1. The van der Waals surface area contributed by atoms with Crippen molar-refractivity contribution < 1.29 is 4.79 Å². The lowest BCUT2D eigenvalue weighted by atomic mass is 10.2. The summed E-state index contributed by atoms with van der Waals surface area (Å²) in [5.74, 6) is -0.215. The zero-order valence-corrected chi connectivity index (χ0v) is 14.2. The van der Waals surface area contributed by atoms with Gasteiger partial charge >= 0.3 is 5.69 Å². The Hall–Kier alpha value is -2.67. The number of hydrogen-bond donors (Lipinski definition) is 1. The molecule has 7 nitrogen and oxygen atoms in total. The summed E-state index contributed by atoms with van der Waals surface area (Å²) in [6.07, 6.45) is 2.25. The van der Waals surface area contributed by atoms with Crippen LogP contribution in [0.1, 0.15) is 12.0 Å². The molecule has 1 aromatic carbocycles. The number of nitrogens with zero attached hydrogens (tertiary/aromatic N) is 3. The van der Waals surface area contributed by atoms with E-state index in [0.717, 1.165) is 30.6 Å². The van der Waals surface area contributed by atoms with Crippen LogP contribution in [-0.2, 0) is 24.9 Å². The molecule has 3 rings (SSSR count). The highest BCUT2D eigenvalue weighted by atomic mass is 16.2. The zero-order chi connectivity index (χ0) is 17.8. The molecule has 2 aromatic rings. The van der Waals surface area contributed by atoms with Crippen molar-refractivity contribution in [2.24, 2.45) is 7.05 Å². The predicted octanol–water partition coefficient (Wildman–Crippen LogP) is -0.0623. The maximum Gasteiger partial charge on any atom is 0.331 e. The summed E-state index contributed by atoms with van der Waals surface area (Å²) in [7, 11) is 1.40. The fourth-order valence-corrected chi connectivity index (χ4v) is 3.10. The average Bonchev–Trinajstić information content (AvgIpc) is 3.03. The smallest absolute Gasteiger partial charge is 0.331 e. The molecule has 7 heteroatoms. The number of hydrogen-bond acceptors (Lipinski definition) is 4. The second kappa shape index (κ2) is 7.48. The Labute approximate surface area is 145 Å². The minimum absolute atomic E-state index is 0.0812. The first kappa shape index (κ1) is 17.2. The third kappa shape index (κ3) is 4.24. The van der Waals surface area contributed by atoms with Gasteiger partial charge in [-0.2, -0.15) is 0 Å². The van der Waals surface area contributed by atoms with Gasteiger partial charge in [-0.05, 0) is 12.0 Å². The lowest BCUT2D eigenvalue weighted by molar-refractivity contribution is -0.122. The van der Waals surface area contributed by atoms with E-state index >= 15 is 0 Å². The van der Waals surface area contributed by atoms with E-state index in [1.807, 2.05) is 18.2 Å². The molecule has 1 aliphatic heterocycles. The number of carbonyl (C=O) groups excluding carboxylic acids is 1. The first-order valence-electron chi connectivity index (χ1n) is 8.35. The second-order valence-corrected chi connectivity index (χ2v) is 6.40. The highest BCUT2D eigenvalue weighted by Gasteiger charge is 2.23. The van der Waals surface area contributed by atoms with Gasteiger partial charge in [-0.25, -0.2) is 4.79 Å². The fraction of sp³-hybridized carbons (Fsp3) is 0.389. The largest absolute Gasteiger partial charge is 0.350 e. The van der Waals surface area contributed by atoms with Crippen LogP contribution in [0.2, 0.25) is 0 Å². The number of amides is 1. The molecule has 132 valence electrons. The molecular formula is C18H22N4O3. The van der Waals surface area contributed by atoms with Crippen LogP contribution in [-0.4, -0.2) is 39.1 Å². The topological polar surface area (TPSA) is 76.3 Å². The summed E-state index contributed by atoms with van der Waals surface area (Å²) in [6.45, 7) is 2.51. The highest BCUT2D eigenvalue weighted by Crippen LogP contribution is 2.13. The van der Waals surface area contributed by atoms with E-state index in [4.69, 9.17) is 0 Å². The standard InChI is InChI=1S/C18H22N4O3/c1-20-17(24)8-10-22(18(20)25)13-16(23)19-15-7-9-21(12-15)11-14-5-3-2-4-6-14/h2-6,8,10,15H,7,9,11-13H2,1H3,(H,19,23)/t15-/m0/s1. The van der Waals surface area contributed by atoms with E-state index in [1.54, 1.807) is 0 Å². The van der Waals surface area contributed by atoms with Crippen molar-refractivity contribution in [2.45, 2.75) is 25.6 Å². The Kier molecular flexibility index (Phi) is 5.14. The van der Waals surface area contributed by atoms with Crippen molar-refractivity contribution in [3.8, 4) is 0 Å². The van der Waals surface area contributed by atoms with Crippen LogP contribution in [0.4, 0.5) is 0 Å². The third-order valence-corrected chi connectivity index (χ3v) is 4.46. The molecule has 1 aromatic heterocycles. The van der Waals surface area contributed by atoms with Crippen LogP contribution < -0.4 is 16.6 Å². The van der Waals surface area contributed by atoms with Gasteiger partial charge in [0.05, 0.1) is 0 Å². The quantitative estimate of drug-likeness (QED) is 0.826. The van der Waals surface area contributed by atoms with E-state index in [2.05, 4.69) is 22.3 Å². The number of rotatable bonds is 5. The third-order valence-electron chi connectivity index (χ3n) is 4.46. The Morgan fingerprint density at radius 3 is 2.72 bits per heavy atom. The van der Waals surface area contributed by atoms with Gasteiger partial charge in [0.15, 0.2) is 0 Å². The van der Waals surface area contributed by atoms with Crippen LogP contribution >= 0.6 is 0 Å². The van der Waals surface area contributed by atoms with Gasteiger partial charge in [0, 0.05) is 45.0 Å². The number of likely N-dealkylation sites (tertiary alicyclic amines) is 1. The molecule has 0 bridgehead atoms. The Balaban J connectivity index is 1.53. The normalized spacial score (nSPS) is 17.6. The minimum atomic E-state index is -0.486.